The molecule has 2 aliphatic heterocycles. The fraction of sp³-hybridized carbons (Fsp3) is 0.593. The van der Waals surface area contributed by atoms with Crippen molar-refractivity contribution >= 4 is 29.4 Å². The number of amides is 2. The van der Waals surface area contributed by atoms with E-state index < -0.39 is 41.6 Å². The molecule has 2 amide bonds. The highest BCUT2D eigenvalue weighted by atomic mass is 35.5. The summed E-state index contributed by atoms with van der Waals surface area (Å²) < 4.78 is 50.0. The number of fused-ring (bicyclic) bond motifs is 1. The number of aliphatic carboxylic acids is 1. The summed E-state index contributed by atoms with van der Waals surface area (Å²) in [7, 11) is 1.35. The number of hydrogen-bond acceptors (Lipinski definition) is 6. The number of carboxylic acids is 1. The van der Waals surface area contributed by atoms with Gasteiger partial charge in [-0.05, 0) is 49.8 Å². The molecule has 1 aromatic carbocycles. The van der Waals surface area contributed by atoms with Crippen LogP contribution in [0.2, 0.25) is 5.02 Å². The maximum Gasteiger partial charge on any atom is 0.342 e. The summed E-state index contributed by atoms with van der Waals surface area (Å²) in [6, 6.07) is 2.34. The topological polar surface area (TPSA) is 118 Å². The van der Waals surface area contributed by atoms with E-state index >= 15 is 4.39 Å². The van der Waals surface area contributed by atoms with Crippen LogP contribution in [-0.2, 0) is 34.5 Å². The predicted octanol–water partition coefficient (Wildman–Crippen LogP) is 4.02. The van der Waals surface area contributed by atoms with Gasteiger partial charge in [0.1, 0.15) is 23.7 Å². The van der Waals surface area contributed by atoms with Crippen molar-refractivity contribution in [2.24, 2.45) is 13.0 Å². The Morgan fingerprint density at radius 1 is 1.22 bits per heavy atom. The first kappa shape index (κ1) is 29.2. The number of carboxylic acid groups (broad SMARTS) is 1. The Morgan fingerprint density at radius 2 is 2.00 bits per heavy atom. The molecule has 1 saturated heterocycles. The summed E-state index contributed by atoms with van der Waals surface area (Å²) in [6.45, 7) is 0.320. The van der Waals surface area contributed by atoms with E-state index in [1.165, 1.54) is 11.9 Å². The van der Waals surface area contributed by atoms with Crippen molar-refractivity contribution in [1.29, 1.82) is 0 Å². The number of aromatic nitrogens is 3. The highest BCUT2D eigenvalue weighted by Gasteiger charge is 2.54. The summed E-state index contributed by atoms with van der Waals surface area (Å²) in [4.78, 5) is 41.6. The second-order valence-corrected chi connectivity index (χ2v) is 11.2. The summed E-state index contributed by atoms with van der Waals surface area (Å²) >= 11 is 6.57. The van der Waals surface area contributed by atoms with Crippen molar-refractivity contribution in [2.45, 2.75) is 69.7 Å². The predicted molar refractivity (Wildman–Crippen MR) is 139 cm³/mol. The summed E-state index contributed by atoms with van der Waals surface area (Å²) in [5.41, 5.74) is -2.02. The van der Waals surface area contributed by atoms with Crippen LogP contribution in [0.3, 0.4) is 0 Å². The lowest BCUT2D eigenvalue weighted by molar-refractivity contribution is -0.166. The van der Waals surface area contributed by atoms with Gasteiger partial charge in [0, 0.05) is 43.7 Å². The molecule has 222 valence electrons. The Labute approximate surface area is 239 Å². The van der Waals surface area contributed by atoms with E-state index in [1.807, 2.05) is 0 Å². The molecule has 0 unspecified atom stereocenters. The lowest BCUT2D eigenvalue weighted by Crippen LogP contribution is -2.55. The number of alkyl halides is 3. The van der Waals surface area contributed by atoms with E-state index in [4.69, 9.17) is 16.3 Å². The zero-order valence-electron chi connectivity index (χ0n) is 22.5. The fourth-order valence-corrected chi connectivity index (χ4v) is 6.56. The molecule has 14 heteroatoms. The van der Waals surface area contributed by atoms with Gasteiger partial charge in [0.25, 0.3) is 6.43 Å². The smallest absolute Gasteiger partial charge is 0.342 e. The van der Waals surface area contributed by atoms with Crippen molar-refractivity contribution in [1.82, 2.24) is 24.8 Å². The number of hydrogen-bond donors (Lipinski definition) is 1. The number of carbonyl (C=O) groups excluding carboxylic acids is 2. The van der Waals surface area contributed by atoms with Gasteiger partial charge >= 0.3 is 5.97 Å². The maximum atomic E-state index is 15.8. The van der Waals surface area contributed by atoms with Crippen LogP contribution in [0.4, 0.5) is 13.2 Å². The second kappa shape index (κ2) is 11.5. The fourth-order valence-electron chi connectivity index (χ4n) is 6.30. The van der Waals surface area contributed by atoms with Gasteiger partial charge in [-0.3, -0.25) is 9.59 Å². The highest BCUT2D eigenvalue weighted by molar-refractivity contribution is 6.31. The molecular weight excluding hydrogens is 567 g/mol. The monoisotopic (exact) mass is 597 g/mol. The second-order valence-electron chi connectivity index (χ2n) is 10.8. The molecule has 1 aliphatic carbocycles. The van der Waals surface area contributed by atoms with Gasteiger partial charge in [0.2, 0.25) is 17.5 Å². The third-order valence-electron chi connectivity index (χ3n) is 8.42. The summed E-state index contributed by atoms with van der Waals surface area (Å²) in [6.07, 6.45) is -0.869. The van der Waals surface area contributed by atoms with Crippen LogP contribution in [0.1, 0.15) is 73.5 Å². The number of aryl methyl sites for hydroxylation is 1. The molecule has 0 bridgehead atoms. The zero-order chi connectivity index (χ0) is 29.5. The summed E-state index contributed by atoms with van der Waals surface area (Å²) in [5.74, 6) is -3.54. The van der Waals surface area contributed by atoms with E-state index in [2.05, 4.69) is 10.3 Å². The Hall–Kier alpha value is -3.35. The Balaban J connectivity index is 1.53. The Morgan fingerprint density at radius 3 is 2.68 bits per heavy atom. The molecule has 5 rings (SSSR count). The third-order valence-corrected chi connectivity index (χ3v) is 8.78. The molecule has 1 N–H and O–H groups in total. The molecule has 3 atom stereocenters. The molecule has 10 nitrogen and oxygen atoms in total. The van der Waals surface area contributed by atoms with Crippen LogP contribution >= 0.6 is 11.6 Å². The lowest BCUT2D eigenvalue weighted by Gasteiger charge is -2.44. The van der Waals surface area contributed by atoms with Gasteiger partial charge in [-0.1, -0.05) is 23.2 Å². The van der Waals surface area contributed by atoms with Crippen LogP contribution in [0.25, 0.3) is 0 Å². The molecule has 0 radical (unpaired) electrons. The Bertz CT molecular complexity index is 1360. The number of halogens is 4. The normalized spacial score (nSPS) is 24.6. The molecule has 0 spiro atoms. The van der Waals surface area contributed by atoms with Gasteiger partial charge < -0.3 is 19.6 Å². The molecule has 2 aromatic rings. The van der Waals surface area contributed by atoms with Gasteiger partial charge in [-0.15, -0.1) is 5.10 Å². The SMILES string of the molecule is Cn1nnc(COc2ccc(Cl)c3c2[C@@H](CN2CCCC2=O)N(C(=O)[C@@H]2CCCC[C@]2(F)C(=O)O)CC3)c1C(F)F. The number of likely N-dealkylation sites (tertiary alicyclic amines) is 1. The van der Waals surface area contributed by atoms with Crippen molar-refractivity contribution in [2.75, 3.05) is 19.6 Å². The molecular formula is C27H31ClF3N5O5. The van der Waals surface area contributed by atoms with Crippen LogP contribution in [0, 0.1) is 5.92 Å². The van der Waals surface area contributed by atoms with Crippen molar-refractivity contribution in [3.8, 4) is 5.75 Å². The lowest BCUT2D eigenvalue weighted by atomic mass is 9.75. The van der Waals surface area contributed by atoms with Crippen LogP contribution in [0.15, 0.2) is 12.1 Å². The van der Waals surface area contributed by atoms with Crippen LogP contribution in [0.5, 0.6) is 5.75 Å². The minimum atomic E-state index is -2.83. The maximum absolute atomic E-state index is 15.8. The average molecular weight is 598 g/mol. The molecule has 2 fully saturated rings. The first-order valence-electron chi connectivity index (χ1n) is 13.6. The van der Waals surface area contributed by atoms with Crippen molar-refractivity contribution < 1.29 is 37.4 Å². The Kier molecular flexibility index (Phi) is 8.18. The van der Waals surface area contributed by atoms with Crippen LogP contribution in [-0.4, -0.2) is 73.0 Å². The zero-order valence-corrected chi connectivity index (χ0v) is 23.2. The number of rotatable bonds is 8. The summed E-state index contributed by atoms with van der Waals surface area (Å²) in [5, 5.41) is 17.6. The molecule has 3 aliphatic rings. The third kappa shape index (κ3) is 5.35. The van der Waals surface area contributed by atoms with Gasteiger partial charge in [-0.2, -0.15) is 0 Å². The van der Waals surface area contributed by atoms with E-state index in [-0.39, 0.29) is 56.3 Å². The number of benzene rings is 1. The van der Waals surface area contributed by atoms with Crippen molar-refractivity contribution in [3.63, 3.8) is 0 Å². The first-order valence-corrected chi connectivity index (χ1v) is 14.0. The largest absolute Gasteiger partial charge is 0.487 e. The average Bonchev–Trinajstić information content (AvgIpc) is 3.52. The number of carbonyl (C=O) groups is 3. The molecule has 3 heterocycles. The molecule has 1 aromatic heterocycles. The standard InChI is InChI=1S/C27H31ClF3N5O5/c1-34-23(24(29)30)18(32-33-34)14-41-20-8-7-17(28)15-9-12-36(19(22(15)20)13-35-11-4-6-21(35)37)25(38)16-5-2-3-10-27(16,31)26(39)40/h7-8,16,19,24H,2-6,9-14H2,1H3,(H,39,40)/t16-,19+,27+/m0/s1. The quantitative estimate of drug-likeness (QED) is 0.488. The van der Waals surface area contributed by atoms with Crippen molar-refractivity contribution in [3.05, 3.63) is 39.7 Å². The van der Waals surface area contributed by atoms with Gasteiger partial charge in [-0.25, -0.2) is 22.6 Å². The minimum absolute atomic E-state index is 0.0629. The van der Waals surface area contributed by atoms with E-state index in [9.17, 15) is 28.3 Å². The first-order chi connectivity index (χ1) is 19.5. The number of nitrogens with zero attached hydrogens (tertiary/aromatic N) is 5. The van der Waals surface area contributed by atoms with E-state index in [0.717, 1.165) is 4.68 Å². The molecule has 41 heavy (non-hydrogen) atoms. The van der Waals surface area contributed by atoms with E-state index in [1.54, 1.807) is 17.0 Å². The van der Waals surface area contributed by atoms with Crippen LogP contribution < -0.4 is 4.74 Å². The van der Waals surface area contributed by atoms with Gasteiger partial charge in [0.15, 0.2) is 0 Å². The molecule has 1 saturated carbocycles. The minimum Gasteiger partial charge on any atom is -0.487 e. The van der Waals surface area contributed by atoms with E-state index in [0.29, 0.717) is 48.4 Å². The number of ether oxygens (including phenoxy) is 1. The van der Waals surface area contributed by atoms with Gasteiger partial charge in [0.05, 0.1) is 12.0 Å². The highest BCUT2D eigenvalue weighted by Crippen LogP contribution is 2.45.